The molecule has 0 radical (unpaired) electrons. The van der Waals surface area contributed by atoms with Crippen molar-refractivity contribution in [2.75, 3.05) is 0 Å². The Bertz CT molecular complexity index is 2620. The van der Waals surface area contributed by atoms with Gasteiger partial charge >= 0.3 is 0 Å². The molecule has 0 aliphatic carbocycles. The summed E-state index contributed by atoms with van der Waals surface area (Å²) in [5.74, 6) is 0.689. The van der Waals surface area contributed by atoms with E-state index in [1.807, 2.05) is 12.3 Å². The molecule has 3 heteroatoms. The van der Waals surface area contributed by atoms with E-state index in [2.05, 4.69) is 175 Å². The van der Waals surface area contributed by atoms with Crippen LogP contribution in [0.3, 0.4) is 0 Å². The Labute approximate surface area is 291 Å². The lowest BCUT2D eigenvalue weighted by Gasteiger charge is -2.12. The Morgan fingerprint density at radius 3 is 1.44 bits per heavy atom. The summed E-state index contributed by atoms with van der Waals surface area (Å²) in [6, 6.07) is 62.0. The highest BCUT2D eigenvalue weighted by molar-refractivity contribution is 5.98. The maximum atomic E-state index is 5.19. The normalized spacial score (nSPS) is 11.2. The van der Waals surface area contributed by atoms with E-state index in [0.29, 0.717) is 5.82 Å². The van der Waals surface area contributed by atoms with Gasteiger partial charge in [-0.1, -0.05) is 158 Å². The molecule has 9 rings (SSSR count). The monoisotopic (exact) mass is 637 g/mol. The summed E-state index contributed by atoms with van der Waals surface area (Å²) < 4.78 is 0. The minimum Gasteiger partial charge on any atom is -0.264 e. The van der Waals surface area contributed by atoms with Gasteiger partial charge in [0.2, 0.25) is 0 Å². The molecular formula is C47H31N3. The lowest BCUT2D eigenvalue weighted by atomic mass is 9.96. The van der Waals surface area contributed by atoms with Crippen LogP contribution in [0.5, 0.6) is 0 Å². The molecule has 7 aromatic carbocycles. The smallest absolute Gasteiger partial charge is 0.160 e. The number of aromatic nitrogens is 3. The van der Waals surface area contributed by atoms with Crippen molar-refractivity contribution in [3.8, 4) is 67.3 Å². The molecule has 0 spiro atoms. The van der Waals surface area contributed by atoms with E-state index in [9.17, 15) is 0 Å². The van der Waals surface area contributed by atoms with E-state index in [-0.39, 0.29) is 0 Å². The first kappa shape index (κ1) is 29.4. The van der Waals surface area contributed by atoms with Crippen molar-refractivity contribution in [1.82, 2.24) is 15.0 Å². The van der Waals surface area contributed by atoms with Crippen LogP contribution >= 0.6 is 0 Å². The second kappa shape index (κ2) is 12.7. The fourth-order valence-corrected chi connectivity index (χ4v) is 6.84. The zero-order valence-electron chi connectivity index (χ0n) is 27.2. The molecular weight excluding hydrogens is 607 g/mol. The van der Waals surface area contributed by atoms with Crippen molar-refractivity contribution < 1.29 is 0 Å². The van der Waals surface area contributed by atoms with Gasteiger partial charge in [-0.15, -0.1) is 0 Å². The van der Waals surface area contributed by atoms with Gasteiger partial charge in [0.05, 0.1) is 11.4 Å². The maximum Gasteiger partial charge on any atom is 0.160 e. The van der Waals surface area contributed by atoms with E-state index in [1.165, 1.54) is 38.2 Å². The summed E-state index contributed by atoms with van der Waals surface area (Å²) in [5.41, 5.74) is 11.7. The molecule has 0 saturated heterocycles. The van der Waals surface area contributed by atoms with Crippen LogP contribution in [-0.4, -0.2) is 15.0 Å². The molecule has 0 aliphatic rings. The molecule has 0 bridgehead atoms. The molecule has 0 fully saturated rings. The first-order valence-corrected chi connectivity index (χ1v) is 16.8. The fraction of sp³-hybridized carbons (Fsp3) is 0. The minimum atomic E-state index is 0.689. The number of hydrogen-bond acceptors (Lipinski definition) is 3. The summed E-state index contributed by atoms with van der Waals surface area (Å²) in [5, 5.41) is 4.93. The van der Waals surface area contributed by atoms with Gasteiger partial charge in [0.25, 0.3) is 0 Å². The standard InChI is InChI=1S/C47H31N3/c1-3-16-41-33(9-1)11-6-18-43(41)35-22-26-37(27-23-35)46-30-45(36-24-20-32(21-25-36)40-15-8-28-48-31-40)49-47(50-46)39-14-5-13-38(29-39)44-19-7-12-34-10-2-4-17-42(34)44/h1-31H. The third kappa shape index (κ3) is 5.61. The summed E-state index contributed by atoms with van der Waals surface area (Å²) in [6.45, 7) is 0. The van der Waals surface area contributed by atoms with Crippen LogP contribution in [0, 0.1) is 0 Å². The van der Waals surface area contributed by atoms with Crippen LogP contribution in [0.15, 0.2) is 188 Å². The topological polar surface area (TPSA) is 38.7 Å². The summed E-state index contributed by atoms with van der Waals surface area (Å²) in [7, 11) is 0. The number of benzene rings is 7. The minimum absolute atomic E-state index is 0.689. The van der Waals surface area contributed by atoms with Crippen molar-refractivity contribution in [1.29, 1.82) is 0 Å². The van der Waals surface area contributed by atoms with Gasteiger partial charge in [-0.25, -0.2) is 9.97 Å². The third-order valence-electron chi connectivity index (χ3n) is 9.40. The number of rotatable bonds is 6. The van der Waals surface area contributed by atoms with E-state index >= 15 is 0 Å². The lowest BCUT2D eigenvalue weighted by molar-refractivity contribution is 1.18. The van der Waals surface area contributed by atoms with Gasteiger partial charge in [0.15, 0.2) is 5.82 Å². The molecule has 0 aliphatic heterocycles. The summed E-state index contributed by atoms with van der Waals surface area (Å²) >= 11 is 0. The SMILES string of the molecule is c1cncc(-c2ccc(-c3cc(-c4ccc(-c5cccc6ccccc56)cc4)nc(-c4cccc(-c5cccc6ccccc56)c4)n3)cc2)c1. The van der Waals surface area contributed by atoms with Crippen molar-refractivity contribution in [2.45, 2.75) is 0 Å². The van der Waals surface area contributed by atoms with Crippen molar-refractivity contribution in [2.24, 2.45) is 0 Å². The molecule has 0 N–H and O–H groups in total. The number of pyridine rings is 1. The third-order valence-corrected chi connectivity index (χ3v) is 9.40. The van der Waals surface area contributed by atoms with Gasteiger partial charge < -0.3 is 0 Å². The predicted octanol–water partition coefficient (Wildman–Crippen LogP) is 12.2. The van der Waals surface area contributed by atoms with Gasteiger partial charge in [0.1, 0.15) is 0 Å². The van der Waals surface area contributed by atoms with Crippen molar-refractivity contribution in [3.63, 3.8) is 0 Å². The Kier molecular flexibility index (Phi) is 7.49. The van der Waals surface area contributed by atoms with Crippen LogP contribution in [0.1, 0.15) is 0 Å². The van der Waals surface area contributed by atoms with Crippen LogP contribution in [0.25, 0.3) is 88.8 Å². The fourth-order valence-electron chi connectivity index (χ4n) is 6.84. The molecule has 0 unspecified atom stereocenters. The van der Waals surface area contributed by atoms with Crippen LogP contribution < -0.4 is 0 Å². The lowest BCUT2D eigenvalue weighted by Crippen LogP contribution is -1.96. The Hall–Kier alpha value is -6.71. The Balaban J connectivity index is 1.15. The zero-order chi connectivity index (χ0) is 33.3. The maximum absolute atomic E-state index is 5.19. The van der Waals surface area contributed by atoms with Crippen LogP contribution in [-0.2, 0) is 0 Å². The van der Waals surface area contributed by atoms with Gasteiger partial charge in [-0.3, -0.25) is 4.98 Å². The molecule has 0 amide bonds. The molecule has 9 aromatic rings. The van der Waals surface area contributed by atoms with E-state index in [4.69, 9.17) is 9.97 Å². The zero-order valence-corrected chi connectivity index (χ0v) is 27.2. The molecule has 3 nitrogen and oxygen atoms in total. The molecule has 234 valence electrons. The molecule has 50 heavy (non-hydrogen) atoms. The highest BCUT2D eigenvalue weighted by atomic mass is 14.9. The summed E-state index contributed by atoms with van der Waals surface area (Å²) in [6.07, 6.45) is 3.69. The highest BCUT2D eigenvalue weighted by Crippen LogP contribution is 2.35. The quantitative estimate of drug-likeness (QED) is 0.182. The highest BCUT2D eigenvalue weighted by Gasteiger charge is 2.14. The van der Waals surface area contributed by atoms with E-state index < -0.39 is 0 Å². The van der Waals surface area contributed by atoms with E-state index in [0.717, 1.165) is 44.8 Å². The molecule has 2 heterocycles. The largest absolute Gasteiger partial charge is 0.264 e. The number of hydrogen-bond donors (Lipinski definition) is 0. The molecule has 2 aromatic heterocycles. The average molecular weight is 638 g/mol. The van der Waals surface area contributed by atoms with Gasteiger partial charge in [0, 0.05) is 29.1 Å². The molecule has 0 atom stereocenters. The van der Waals surface area contributed by atoms with Crippen LogP contribution in [0.2, 0.25) is 0 Å². The molecule has 0 saturated carbocycles. The van der Waals surface area contributed by atoms with Crippen molar-refractivity contribution in [3.05, 3.63) is 188 Å². The Morgan fingerprint density at radius 1 is 0.320 bits per heavy atom. The second-order valence-electron chi connectivity index (χ2n) is 12.5. The van der Waals surface area contributed by atoms with Gasteiger partial charge in [-0.2, -0.15) is 0 Å². The van der Waals surface area contributed by atoms with Crippen LogP contribution in [0.4, 0.5) is 0 Å². The van der Waals surface area contributed by atoms with Gasteiger partial charge in [-0.05, 0) is 73.1 Å². The second-order valence-corrected chi connectivity index (χ2v) is 12.5. The Morgan fingerprint density at radius 2 is 0.820 bits per heavy atom. The van der Waals surface area contributed by atoms with E-state index in [1.54, 1.807) is 6.20 Å². The van der Waals surface area contributed by atoms with Crippen molar-refractivity contribution >= 4 is 21.5 Å². The average Bonchev–Trinajstić information content (AvgIpc) is 3.21. The predicted molar refractivity (Wildman–Crippen MR) is 207 cm³/mol. The summed E-state index contributed by atoms with van der Waals surface area (Å²) in [4.78, 5) is 14.7. The number of fused-ring (bicyclic) bond motifs is 2. The first-order chi connectivity index (χ1) is 24.8. The number of nitrogens with zero attached hydrogens (tertiary/aromatic N) is 3. The first-order valence-electron chi connectivity index (χ1n) is 16.8.